The zero-order valence-electron chi connectivity index (χ0n) is 15.7. The van der Waals surface area contributed by atoms with E-state index in [1.807, 2.05) is 55.5 Å². The number of hydrogen-bond donors (Lipinski definition) is 2. The summed E-state index contributed by atoms with van der Waals surface area (Å²) in [6.45, 7) is 2.44. The van der Waals surface area contributed by atoms with E-state index in [0.29, 0.717) is 6.54 Å². The summed E-state index contributed by atoms with van der Waals surface area (Å²) in [5.41, 5.74) is 8.78. The summed E-state index contributed by atoms with van der Waals surface area (Å²) >= 11 is 0. The number of amides is 1. The minimum absolute atomic E-state index is 0. The molecule has 0 spiro atoms. The van der Waals surface area contributed by atoms with Crippen LogP contribution >= 0.6 is 12.4 Å². The molecule has 3 N–H and O–H groups in total. The van der Waals surface area contributed by atoms with Gasteiger partial charge in [0.1, 0.15) is 11.9 Å². The first-order valence-corrected chi connectivity index (χ1v) is 9.01. The molecule has 1 unspecified atom stereocenters. The first-order chi connectivity index (χ1) is 12.6. The number of benzene rings is 2. The number of nitrogens with one attached hydrogen (secondary N) is 1. The minimum Gasteiger partial charge on any atom is -0.496 e. The summed E-state index contributed by atoms with van der Waals surface area (Å²) < 4.78 is 11.1. The van der Waals surface area contributed by atoms with Crippen molar-refractivity contribution in [2.24, 2.45) is 5.73 Å². The summed E-state index contributed by atoms with van der Waals surface area (Å²) in [7, 11) is 1.67. The van der Waals surface area contributed by atoms with Crippen LogP contribution in [0.15, 0.2) is 48.5 Å². The van der Waals surface area contributed by atoms with Gasteiger partial charge in [-0.2, -0.15) is 0 Å². The van der Waals surface area contributed by atoms with Gasteiger partial charge in [0.15, 0.2) is 0 Å². The Kier molecular flexibility index (Phi) is 7.66. The maximum absolute atomic E-state index is 12.4. The lowest BCUT2D eigenvalue weighted by Gasteiger charge is -2.18. The minimum atomic E-state index is -0.390. The molecule has 146 valence electrons. The Morgan fingerprint density at radius 3 is 2.56 bits per heavy atom. The van der Waals surface area contributed by atoms with E-state index in [2.05, 4.69) is 5.32 Å². The highest BCUT2D eigenvalue weighted by Gasteiger charge is 2.30. The summed E-state index contributed by atoms with van der Waals surface area (Å²) in [5.74, 6) is 0.775. The maximum Gasteiger partial charge on any atom is 0.249 e. The Balaban J connectivity index is 0.00000261. The van der Waals surface area contributed by atoms with Gasteiger partial charge >= 0.3 is 0 Å². The van der Waals surface area contributed by atoms with E-state index in [1.165, 1.54) is 0 Å². The number of ether oxygens (including phenoxy) is 2. The highest BCUT2D eigenvalue weighted by Crippen LogP contribution is 2.30. The van der Waals surface area contributed by atoms with E-state index in [4.69, 9.17) is 15.2 Å². The van der Waals surface area contributed by atoms with Gasteiger partial charge in [0.25, 0.3) is 0 Å². The molecular formula is C21H27ClN2O3. The van der Waals surface area contributed by atoms with E-state index in [-0.39, 0.29) is 36.6 Å². The number of carbonyl (C=O) groups excluding carboxylic acids is 1. The summed E-state index contributed by atoms with van der Waals surface area (Å²) in [6, 6.07) is 16.0. The molecule has 2 aromatic carbocycles. The number of carbonyl (C=O) groups is 1. The van der Waals surface area contributed by atoms with Crippen LogP contribution in [0.4, 0.5) is 0 Å². The quantitative estimate of drug-likeness (QED) is 0.792. The van der Waals surface area contributed by atoms with E-state index in [0.717, 1.165) is 35.3 Å². The molecule has 6 heteroatoms. The third-order valence-electron chi connectivity index (χ3n) is 4.85. The lowest BCUT2D eigenvalue weighted by Crippen LogP contribution is -2.36. The van der Waals surface area contributed by atoms with Gasteiger partial charge in [-0.05, 0) is 37.0 Å². The van der Waals surface area contributed by atoms with Gasteiger partial charge in [-0.1, -0.05) is 42.5 Å². The zero-order chi connectivity index (χ0) is 18.5. The Hall–Kier alpha value is -2.08. The van der Waals surface area contributed by atoms with Crippen molar-refractivity contribution < 1.29 is 14.3 Å². The van der Waals surface area contributed by atoms with Crippen molar-refractivity contribution in [2.45, 2.75) is 38.0 Å². The van der Waals surface area contributed by atoms with Gasteiger partial charge in [0, 0.05) is 12.1 Å². The first-order valence-electron chi connectivity index (χ1n) is 9.01. The third kappa shape index (κ3) is 5.01. The van der Waals surface area contributed by atoms with Gasteiger partial charge in [0.05, 0.1) is 19.3 Å². The number of hydrogen-bond acceptors (Lipinski definition) is 4. The molecule has 1 aliphatic rings. The molecule has 2 aromatic rings. The second kappa shape index (κ2) is 9.74. The molecule has 3 rings (SSSR count). The predicted molar refractivity (Wildman–Crippen MR) is 109 cm³/mol. The standard InChI is InChI=1S/C21H26N2O3.ClH/c1-14(23-21(24)20-12-11-17(13-22)26-20)15-7-9-16(10-8-15)18-5-3-4-6-19(18)25-2;/h3-10,14,17,20H,11-13,22H2,1-2H3,(H,23,24);1H/t14?,17-,20+;/m1./s1. The van der Waals surface area contributed by atoms with Gasteiger partial charge < -0.3 is 20.5 Å². The second-order valence-electron chi connectivity index (χ2n) is 6.61. The predicted octanol–water partition coefficient (Wildman–Crippen LogP) is 3.47. The molecule has 0 radical (unpaired) electrons. The number of halogens is 1. The largest absolute Gasteiger partial charge is 0.496 e. The van der Waals surface area contributed by atoms with E-state index in [1.54, 1.807) is 7.11 Å². The second-order valence-corrected chi connectivity index (χ2v) is 6.61. The Labute approximate surface area is 166 Å². The molecule has 5 nitrogen and oxygen atoms in total. The summed E-state index contributed by atoms with van der Waals surface area (Å²) in [6.07, 6.45) is 1.18. The normalized spacial score (nSPS) is 19.8. The number of nitrogens with two attached hydrogens (primary N) is 1. The molecule has 3 atom stereocenters. The molecule has 0 saturated carbocycles. The SMILES string of the molecule is COc1ccccc1-c1ccc(C(C)NC(=O)[C@@H]2CC[C@H](CN)O2)cc1.Cl. The molecule has 1 fully saturated rings. The van der Waals surface area contributed by atoms with Gasteiger partial charge in [-0.3, -0.25) is 4.79 Å². The zero-order valence-corrected chi connectivity index (χ0v) is 16.5. The van der Waals surface area contributed by atoms with Crippen molar-refractivity contribution in [2.75, 3.05) is 13.7 Å². The van der Waals surface area contributed by atoms with Crippen LogP contribution in [0, 0.1) is 0 Å². The molecule has 0 aromatic heterocycles. The van der Waals surface area contributed by atoms with Crippen molar-refractivity contribution in [1.82, 2.24) is 5.32 Å². The molecule has 1 amide bonds. The first kappa shape index (κ1) is 21.2. The molecule has 1 saturated heterocycles. The van der Waals surface area contributed by atoms with Crippen LogP contribution < -0.4 is 15.8 Å². The van der Waals surface area contributed by atoms with Crippen molar-refractivity contribution in [1.29, 1.82) is 0 Å². The van der Waals surface area contributed by atoms with Crippen molar-refractivity contribution in [3.63, 3.8) is 0 Å². The van der Waals surface area contributed by atoms with E-state index >= 15 is 0 Å². The maximum atomic E-state index is 12.4. The molecule has 27 heavy (non-hydrogen) atoms. The summed E-state index contributed by atoms with van der Waals surface area (Å²) in [5, 5.41) is 3.04. The van der Waals surface area contributed by atoms with Crippen LogP contribution in [0.1, 0.15) is 31.4 Å². The monoisotopic (exact) mass is 390 g/mol. The topological polar surface area (TPSA) is 73.6 Å². The molecule has 0 bridgehead atoms. The number of rotatable bonds is 6. The van der Waals surface area contributed by atoms with Crippen molar-refractivity contribution >= 4 is 18.3 Å². The van der Waals surface area contributed by atoms with Crippen LogP contribution in [0.5, 0.6) is 5.75 Å². The fraction of sp³-hybridized carbons (Fsp3) is 0.381. The number of para-hydroxylation sites is 1. The highest BCUT2D eigenvalue weighted by molar-refractivity contribution is 5.85. The van der Waals surface area contributed by atoms with Crippen molar-refractivity contribution in [3.8, 4) is 16.9 Å². The average molecular weight is 391 g/mol. The van der Waals surface area contributed by atoms with Crippen LogP contribution in [0.3, 0.4) is 0 Å². The van der Waals surface area contributed by atoms with Crippen molar-refractivity contribution in [3.05, 3.63) is 54.1 Å². The van der Waals surface area contributed by atoms with Gasteiger partial charge in [0.2, 0.25) is 5.91 Å². The van der Waals surface area contributed by atoms with E-state index in [9.17, 15) is 4.79 Å². The summed E-state index contributed by atoms with van der Waals surface area (Å²) in [4.78, 5) is 12.4. The van der Waals surface area contributed by atoms with Crippen LogP contribution in [-0.4, -0.2) is 31.8 Å². The lowest BCUT2D eigenvalue weighted by atomic mass is 10.0. The Morgan fingerprint density at radius 1 is 1.22 bits per heavy atom. The van der Waals surface area contributed by atoms with Crippen LogP contribution in [-0.2, 0) is 9.53 Å². The number of methoxy groups -OCH3 is 1. The molecular weight excluding hydrogens is 364 g/mol. The fourth-order valence-electron chi connectivity index (χ4n) is 3.30. The smallest absolute Gasteiger partial charge is 0.249 e. The molecule has 0 aliphatic carbocycles. The van der Waals surface area contributed by atoms with Crippen LogP contribution in [0.2, 0.25) is 0 Å². The average Bonchev–Trinajstić information content (AvgIpc) is 3.17. The van der Waals surface area contributed by atoms with Gasteiger partial charge in [-0.25, -0.2) is 0 Å². The van der Waals surface area contributed by atoms with Crippen LogP contribution in [0.25, 0.3) is 11.1 Å². The molecule has 1 heterocycles. The Bertz CT molecular complexity index is 751. The highest BCUT2D eigenvalue weighted by atomic mass is 35.5. The Morgan fingerprint density at radius 2 is 1.93 bits per heavy atom. The fourth-order valence-corrected chi connectivity index (χ4v) is 3.30. The van der Waals surface area contributed by atoms with Gasteiger partial charge in [-0.15, -0.1) is 12.4 Å². The van der Waals surface area contributed by atoms with E-state index < -0.39 is 0 Å². The lowest BCUT2D eigenvalue weighted by molar-refractivity contribution is -0.132. The molecule has 1 aliphatic heterocycles. The third-order valence-corrected chi connectivity index (χ3v) is 4.85.